The van der Waals surface area contributed by atoms with Crippen LogP contribution >= 0.6 is 0 Å². The second kappa shape index (κ2) is 17.5. The van der Waals surface area contributed by atoms with E-state index in [2.05, 4.69) is 29.5 Å². The Balaban J connectivity index is 1.83. The number of amides is 2. The van der Waals surface area contributed by atoms with E-state index in [4.69, 9.17) is 0 Å². The van der Waals surface area contributed by atoms with Crippen molar-refractivity contribution < 1.29 is 24.7 Å². The van der Waals surface area contributed by atoms with Crippen molar-refractivity contribution in [1.82, 2.24) is 15.6 Å². The second-order valence-corrected chi connectivity index (χ2v) is 12.8. The summed E-state index contributed by atoms with van der Waals surface area (Å²) in [5, 5.41) is 37.3. The lowest BCUT2D eigenvalue weighted by Crippen LogP contribution is -2.58. The minimum atomic E-state index is -1.61. The van der Waals surface area contributed by atoms with Crippen LogP contribution in [0.15, 0.2) is 48.5 Å². The van der Waals surface area contributed by atoms with Gasteiger partial charge in [-0.3, -0.25) is 9.59 Å². The minimum absolute atomic E-state index is 0.135. The Morgan fingerprint density at radius 1 is 0.814 bits per heavy atom. The van der Waals surface area contributed by atoms with Gasteiger partial charge in [-0.2, -0.15) is 0 Å². The summed E-state index contributed by atoms with van der Waals surface area (Å²) in [4.78, 5) is 31.6. The quantitative estimate of drug-likeness (QED) is 0.226. The molecule has 0 unspecified atom stereocenters. The summed E-state index contributed by atoms with van der Waals surface area (Å²) in [7, 11) is -1.61. The van der Waals surface area contributed by atoms with Crippen LogP contribution in [0, 0.1) is 5.92 Å². The van der Waals surface area contributed by atoms with Gasteiger partial charge in [-0.25, -0.2) is 4.98 Å². The number of aliphatic hydroxyl groups excluding tert-OH is 1. The van der Waals surface area contributed by atoms with Crippen molar-refractivity contribution in [1.29, 1.82) is 0 Å². The van der Waals surface area contributed by atoms with Crippen molar-refractivity contribution in [2.45, 2.75) is 128 Å². The maximum absolute atomic E-state index is 13.8. The molecule has 0 radical (unpaired) electrons. The molecule has 3 rings (SSSR count). The molecule has 1 heterocycles. The molecular formula is C34H52BN3O5. The van der Waals surface area contributed by atoms with E-state index in [0.29, 0.717) is 25.0 Å². The molecule has 1 aromatic heterocycles. The van der Waals surface area contributed by atoms with Crippen molar-refractivity contribution in [2.24, 2.45) is 5.92 Å². The maximum atomic E-state index is 13.8. The summed E-state index contributed by atoms with van der Waals surface area (Å²) in [6.07, 6.45) is 11.4. The van der Waals surface area contributed by atoms with E-state index in [1.165, 1.54) is 32.6 Å². The third-order valence-electron chi connectivity index (χ3n) is 8.87. The van der Waals surface area contributed by atoms with E-state index in [1.807, 2.05) is 36.4 Å². The van der Waals surface area contributed by atoms with Gasteiger partial charge in [0.1, 0.15) is 11.7 Å². The van der Waals surface area contributed by atoms with Gasteiger partial charge in [0.2, 0.25) is 5.91 Å². The fraction of sp³-hybridized carbons (Fsp3) is 0.618. The van der Waals surface area contributed by atoms with Crippen LogP contribution in [-0.2, 0) is 4.79 Å². The molecule has 0 saturated heterocycles. The number of hydrogen-bond acceptors (Lipinski definition) is 6. The van der Waals surface area contributed by atoms with E-state index >= 15 is 0 Å². The van der Waals surface area contributed by atoms with Crippen molar-refractivity contribution >= 4 is 18.9 Å². The molecule has 0 bridgehead atoms. The summed E-state index contributed by atoms with van der Waals surface area (Å²) < 4.78 is 0. The normalized spacial score (nSPS) is 18.7. The van der Waals surface area contributed by atoms with Crippen LogP contribution in [0.25, 0.3) is 11.3 Å². The fourth-order valence-corrected chi connectivity index (χ4v) is 6.36. The molecule has 1 aliphatic rings. The Morgan fingerprint density at radius 2 is 1.37 bits per heavy atom. The molecule has 5 N–H and O–H groups in total. The highest BCUT2D eigenvalue weighted by molar-refractivity contribution is 6.46. The maximum Gasteiger partial charge on any atom is 0.460 e. The van der Waals surface area contributed by atoms with Crippen molar-refractivity contribution in [3.8, 4) is 11.3 Å². The van der Waals surface area contributed by atoms with Crippen LogP contribution in [-0.4, -0.2) is 57.3 Å². The molecule has 1 saturated carbocycles. The van der Waals surface area contributed by atoms with Gasteiger partial charge in [0.25, 0.3) is 5.91 Å². The van der Waals surface area contributed by atoms with Gasteiger partial charge in [-0.15, -0.1) is 0 Å². The molecule has 2 aromatic rings. The lowest BCUT2D eigenvalue weighted by molar-refractivity contribution is -0.126. The Morgan fingerprint density at radius 3 is 1.88 bits per heavy atom. The Labute approximate surface area is 258 Å². The Hall–Kier alpha value is -2.75. The molecule has 236 valence electrons. The second-order valence-electron chi connectivity index (χ2n) is 12.8. The zero-order chi connectivity index (χ0) is 31.2. The number of benzene rings is 1. The summed E-state index contributed by atoms with van der Waals surface area (Å²) in [6.45, 7) is 5.57. The van der Waals surface area contributed by atoms with E-state index in [0.717, 1.165) is 44.1 Å². The van der Waals surface area contributed by atoms with Crippen molar-refractivity contribution in [3.63, 3.8) is 0 Å². The average molecular weight is 594 g/mol. The summed E-state index contributed by atoms with van der Waals surface area (Å²) in [5.41, 5.74) is 1.62. The first-order chi connectivity index (χ1) is 20.6. The molecular weight excluding hydrogens is 541 g/mol. The Kier molecular flexibility index (Phi) is 14.2. The van der Waals surface area contributed by atoms with E-state index in [-0.39, 0.29) is 11.6 Å². The number of hydrogen-bond donors (Lipinski definition) is 5. The molecule has 2 amide bonds. The van der Waals surface area contributed by atoms with Gasteiger partial charge >= 0.3 is 7.12 Å². The van der Waals surface area contributed by atoms with Gasteiger partial charge in [0, 0.05) is 16.9 Å². The number of carbonyl (C=O) groups is 2. The monoisotopic (exact) mass is 593 g/mol. The first-order valence-corrected chi connectivity index (χ1v) is 16.3. The van der Waals surface area contributed by atoms with Crippen molar-refractivity contribution in [3.05, 3.63) is 54.2 Å². The van der Waals surface area contributed by atoms with E-state index in [1.54, 1.807) is 12.1 Å². The highest BCUT2D eigenvalue weighted by Gasteiger charge is 2.48. The zero-order valence-corrected chi connectivity index (χ0v) is 26.3. The lowest BCUT2D eigenvalue weighted by atomic mass is 9.48. The third-order valence-corrected chi connectivity index (χ3v) is 8.87. The third kappa shape index (κ3) is 10.4. The molecule has 1 aliphatic carbocycles. The first kappa shape index (κ1) is 34.7. The molecule has 9 heteroatoms. The molecule has 3 atom stereocenters. The number of nitrogens with one attached hydrogen (secondary N) is 2. The number of aliphatic hydroxyl groups is 1. The smallest absolute Gasteiger partial charge is 0.427 e. The Bertz CT molecular complexity index is 1110. The summed E-state index contributed by atoms with van der Waals surface area (Å²) in [5.74, 6) is -0.940. The average Bonchev–Trinajstić information content (AvgIpc) is 3.01. The molecule has 0 spiro atoms. The largest absolute Gasteiger partial charge is 0.460 e. The number of nitrogens with zero attached hydrogens (tertiary/aromatic N) is 1. The van der Waals surface area contributed by atoms with Gasteiger partial charge in [0.05, 0.1) is 11.8 Å². The summed E-state index contributed by atoms with van der Waals surface area (Å²) in [6, 6.07) is 12.8. The van der Waals surface area contributed by atoms with Crippen LogP contribution in [0.5, 0.6) is 0 Å². The predicted octanol–water partition coefficient (Wildman–Crippen LogP) is 5.67. The molecule has 1 aromatic carbocycles. The highest BCUT2D eigenvalue weighted by Crippen LogP contribution is 2.46. The van der Waals surface area contributed by atoms with Crippen LogP contribution < -0.4 is 10.6 Å². The predicted molar refractivity (Wildman–Crippen MR) is 172 cm³/mol. The molecule has 1 fully saturated rings. The number of rotatable bonds is 10. The van der Waals surface area contributed by atoms with Crippen LogP contribution in [0.3, 0.4) is 0 Å². The van der Waals surface area contributed by atoms with Gasteiger partial charge in [-0.05, 0) is 44.2 Å². The van der Waals surface area contributed by atoms with Gasteiger partial charge in [0.15, 0.2) is 0 Å². The number of aromatic nitrogens is 1. The van der Waals surface area contributed by atoms with Crippen LogP contribution in [0.2, 0.25) is 5.31 Å². The van der Waals surface area contributed by atoms with Crippen LogP contribution in [0.1, 0.15) is 115 Å². The van der Waals surface area contributed by atoms with Crippen LogP contribution in [0.4, 0.5) is 0 Å². The van der Waals surface area contributed by atoms with E-state index < -0.39 is 42.4 Å². The fourth-order valence-electron chi connectivity index (χ4n) is 6.36. The number of carbonyl (C=O) groups excluding carboxylic acids is 2. The highest BCUT2D eigenvalue weighted by atomic mass is 16.4. The molecule has 8 nitrogen and oxygen atoms in total. The molecule has 0 aliphatic heterocycles. The number of pyridine rings is 1. The summed E-state index contributed by atoms with van der Waals surface area (Å²) >= 11 is 0. The van der Waals surface area contributed by atoms with Gasteiger partial charge in [-0.1, -0.05) is 114 Å². The van der Waals surface area contributed by atoms with E-state index in [9.17, 15) is 24.7 Å². The first-order valence-electron chi connectivity index (χ1n) is 16.3. The lowest BCUT2D eigenvalue weighted by Gasteiger charge is -2.42. The standard InChI is InChI=1S/C34H52BN3O5/c1-25(2)24-30(34(35(42)43)22-15-10-8-6-4-5-7-9-11-16-23-34)37-33(41)31(26(3)39)38-32(40)29-21-17-20-28(36-29)27-18-13-12-14-19-27/h12-14,17-21,25-26,30-31,39,42-43H,4-11,15-16,22-24H2,1-3H3,(H,37,41)(H,38,40)/t26-,30+,31+/m1/s1. The molecule has 43 heavy (non-hydrogen) atoms. The topological polar surface area (TPSA) is 132 Å². The zero-order valence-electron chi connectivity index (χ0n) is 26.3. The minimum Gasteiger partial charge on any atom is -0.427 e. The van der Waals surface area contributed by atoms with Gasteiger partial charge < -0.3 is 25.8 Å². The van der Waals surface area contributed by atoms with Crippen molar-refractivity contribution in [2.75, 3.05) is 0 Å². The SMILES string of the molecule is CC(C)C[C@H](NC(=O)[C@@H](NC(=O)c1cccc(-c2ccccc2)n1)[C@@H](C)O)C1(B(O)O)CCCCCCCCCCCC1.